The van der Waals surface area contributed by atoms with Crippen LogP contribution in [0.5, 0.6) is 0 Å². The first-order valence-corrected chi connectivity index (χ1v) is 14.5. The lowest BCUT2D eigenvalue weighted by atomic mass is 9.97. The molecule has 8 nitrogen and oxygen atoms in total. The van der Waals surface area contributed by atoms with Gasteiger partial charge in [-0.3, -0.25) is 14.4 Å². The summed E-state index contributed by atoms with van der Waals surface area (Å²) in [7, 11) is -0.797. The van der Waals surface area contributed by atoms with E-state index in [-0.39, 0.29) is 24.0 Å². The molecule has 0 unspecified atom stereocenters. The van der Waals surface area contributed by atoms with Gasteiger partial charge in [-0.1, -0.05) is 18.2 Å². The molecule has 3 saturated heterocycles. The van der Waals surface area contributed by atoms with Crippen molar-refractivity contribution in [3.63, 3.8) is 0 Å². The Balaban J connectivity index is 1.20. The van der Waals surface area contributed by atoms with Crippen LogP contribution in [0.4, 0.5) is 0 Å². The second-order valence-electron chi connectivity index (χ2n) is 10.7. The number of rotatable bonds is 7. The van der Waals surface area contributed by atoms with Crippen LogP contribution in [0.2, 0.25) is 0 Å². The molecule has 1 amide bonds. The quantitative estimate of drug-likeness (QED) is 0.646. The van der Waals surface area contributed by atoms with Gasteiger partial charge in [0.1, 0.15) is 0 Å². The average molecular weight is 488 g/mol. The fourth-order valence-corrected chi connectivity index (χ4v) is 8.05. The zero-order valence-corrected chi connectivity index (χ0v) is 21.3. The number of hydrogen-bond donors (Lipinski definition) is 1. The molecule has 186 valence electrons. The van der Waals surface area contributed by atoms with Gasteiger partial charge in [0.25, 0.3) is 5.91 Å². The molecule has 2 bridgehead atoms. The second kappa shape index (κ2) is 9.24. The summed E-state index contributed by atoms with van der Waals surface area (Å²) in [6.45, 7) is 6.02. The first-order chi connectivity index (χ1) is 16.2. The summed E-state index contributed by atoms with van der Waals surface area (Å²) < 4.78 is 25.6. The predicted molar refractivity (Wildman–Crippen MR) is 134 cm³/mol. The highest BCUT2D eigenvalue weighted by Gasteiger charge is 2.41. The number of likely N-dealkylation sites (N-methyl/N-ethyl adjacent to an activating group) is 1. The van der Waals surface area contributed by atoms with Crippen molar-refractivity contribution in [2.24, 2.45) is 0 Å². The number of carbonyl (C=O) groups is 1. The zero-order chi connectivity index (χ0) is 24.0. The van der Waals surface area contributed by atoms with Gasteiger partial charge in [0, 0.05) is 48.7 Å². The van der Waals surface area contributed by atoms with Crippen molar-refractivity contribution in [1.29, 1.82) is 0 Å². The lowest BCUT2D eigenvalue weighted by molar-refractivity contribution is 0.0803. The molecule has 4 atom stereocenters. The van der Waals surface area contributed by atoms with Crippen LogP contribution < -0.4 is 5.32 Å². The summed E-state index contributed by atoms with van der Waals surface area (Å²) >= 11 is 0. The molecule has 34 heavy (non-hydrogen) atoms. The third kappa shape index (κ3) is 4.62. The standard InChI is InChI=1S/C25H37N5O3S/c1-17(2)30-23-7-5-4-6-22(23)24(27-30)25(31)26-18-14-19-8-9-20(15-18)29(19)12-11-28(3)21-10-13-34(32,33)16-21/h4-7,17-21H,8-16H2,1-3H3,(H,26,31)/t18-,19-,20+,21-/m1/s1. The molecule has 0 spiro atoms. The minimum atomic E-state index is -2.85. The van der Waals surface area contributed by atoms with E-state index in [4.69, 9.17) is 0 Å². The summed E-state index contributed by atoms with van der Waals surface area (Å²) in [4.78, 5) is 18.1. The van der Waals surface area contributed by atoms with Crippen molar-refractivity contribution in [3.8, 4) is 0 Å². The number of para-hydroxylation sites is 1. The molecule has 1 aromatic carbocycles. The SMILES string of the molecule is CC(C)n1nc(C(=O)N[C@@H]2C[C@H]3CC[C@@H](C2)N3CCN(C)[C@@H]2CCS(=O)(=O)C2)c2ccccc21. The predicted octanol–water partition coefficient (Wildman–Crippen LogP) is 2.46. The van der Waals surface area contributed by atoms with Crippen molar-refractivity contribution in [2.75, 3.05) is 31.6 Å². The minimum absolute atomic E-state index is 0.0735. The van der Waals surface area contributed by atoms with Crippen LogP contribution in [0.15, 0.2) is 24.3 Å². The number of carbonyl (C=O) groups excluding carboxylic acids is 1. The largest absolute Gasteiger partial charge is 0.348 e. The lowest BCUT2D eigenvalue weighted by Gasteiger charge is -2.40. The number of nitrogens with zero attached hydrogens (tertiary/aromatic N) is 4. The van der Waals surface area contributed by atoms with E-state index in [0.717, 1.165) is 43.3 Å². The van der Waals surface area contributed by atoms with Crippen molar-refractivity contribution in [2.45, 2.75) is 76.2 Å². The fraction of sp³-hybridized carbons (Fsp3) is 0.680. The molecule has 0 radical (unpaired) electrons. The summed E-state index contributed by atoms with van der Waals surface area (Å²) in [6.07, 6.45) is 5.02. The van der Waals surface area contributed by atoms with Crippen LogP contribution in [-0.4, -0.2) is 89.7 Å². The van der Waals surface area contributed by atoms with Crippen LogP contribution >= 0.6 is 0 Å². The highest BCUT2D eigenvalue weighted by Crippen LogP contribution is 2.36. The highest BCUT2D eigenvalue weighted by molar-refractivity contribution is 7.91. The third-order valence-electron chi connectivity index (χ3n) is 8.08. The first kappa shape index (κ1) is 23.8. The van der Waals surface area contributed by atoms with Gasteiger partial charge in [-0.05, 0) is 59.1 Å². The summed E-state index contributed by atoms with van der Waals surface area (Å²) in [6, 6.07) is 9.42. The fourth-order valence-electron chi connectivity index (χ4n) is 6.24. The van der Waals surface area contributed by atoms with Crippen LogP contribution in [-0.2, 0) is 9.84 Å². The number of aromatic nitrogens is 2. The highest BCUT2D eigenvalue weighted by atomic mass is 32.2. The normalized spacial score (nSPS) is 28.9. The van der Waals surface area contributed by atoms with Gasteiger partial charge >= 0.3 is 0 Å². The molecule has 0 aliphatic carbocycles. The second-order valence-corrected chi connectivity index (χ2v) is 12.9. The van der Waals surface area contributed by atoms with E-state index in [2.05, 4.69) is 41.1 Å². The van der Waals surface area contributed by atoms with Gasteiger partial charge in [-0.15, -0.1) is 0 Å². The Morgan fingerprint density at radius 1 is 1.18 bits per heavy atom. The molecule has 3 aliphatic heterocycles. The first-order valence-electron chi connectivity index (χ1n) is 12.7. The number of benzene rings is 1. The molecule has 1 aromatic heterocycles. The monoisotopic (exact) mass is 487 g/mol. The Kier molecular flexibility index (Phi) is 6.46. The van der Waals surface area contributed by atoms with Crippen molar-refractivity contribution in [1.82, 2.24) is 24.9 Å². The maximum Gasteiger partial charge on any atom is 0.272 e. The Morgan fingerprint density at radius 2 is 1.88 bits per heavy atom. The third-order valence-corrected chi connectivity index (χ3v) is 9.83. The van der Waals surface area contributed by atoms with E-state index >= 15 is 0 Å². The topological polar surface area (TPSA) is 87.5 Å². The number of amides is 1. The molecule has 4 heterocycles. The van der Waals surface area contributed by atoms with E-state index in [1.54, 1.807) is 0 Å². The Hall–Kier alpha value is -1.97. The smallest absolute Gasteiger partial charge is 0.272 e. The zero-order valence-electron chi connectivity index (χ0n) is 20.5. The molecule has 2 aromatic rings. The van der Waals surface area contributed by atoms with Crippen LogP contribution in [0, 0.1) is 0 Å². The summed E-state index contributed by atoms with van der Waals surface area (Å²) in [5, 5.41) is 8.87. The summed E-state index contributed by atoms with van der Waals surface area (Å²) in [5.41, 5.74) is 1.52. The minimum Gasteiger partial charge on any atom is -0.348 e. The number of nitrogens with one attached hydrogen (secondary N) is 1. The van der Waals surface area contributed by atoms with Gasteiger partial charge in [-0.2, -0.15) is 5.10 Å². The molecular formula is C25H37N5O3S. The Bertz CT molecular complexity index is 1150. The van der Waals surface area contributed by atoms with E-state index in [9.17, 15) is 13.2 Å². The number of sulfone groups is 1. The van der Waals surface area contributed by atoms with Gasteiger partial charge in [0.15, 0.2) is 15.5 Å². The maximum atomic E-state index is 13.2. The van der Waals surface area contributed by atoms with E-state index in [0.29, 0.717) is 29.3 Å². The number of fused-ring (bicyclic) bond motifs is 3. The van der Waals surface area contributed by atoms with Crippen LogP contribution in [0.3, 0.4) is 0 Å². The molecule has 3 aliphatic rings. The Labute approximate surface area is 202 Å². The van der Waals surface area contributed by atoms with Gasteiger partial charge in [0.05, 0.1) is 17.0 Å². The molecule has 3 fully saturated rings. The van der Waals surface area contributed by atoms with E-state index in [1.807, 2.05) is 28.9 Å². The summed E-state index contributed by atoms with van der Waals surface area (Å²) in [5.74, 6) is 0.546. The van der Waals surface area contributed by atoms with Crippen LogP contribution in [0.25, 0.3) is 10.9 Å². The lowest BCUT2D eigenvalue weighted by Crippen LogP contribution is -2.52. The Morgan fingerprint density at radius 3 is 2.53 bits per heavy atom. The molecule has 1 N–H and O–H groups in total. The van der Waals surface area contributed by atoms with Gasteiger partial charge in [-0.25, -0.2) is 8.42 Å². The van der Waals surface area contributed by atoms with Crippen LogP contribution in [0.1, 0.15) is 62.5 Å². The molecule has 5 rings (SSSR count). The number of hydrogen-bond acceptors (Lipinski definition) is 6. The molecular weight excluding hydrogens is 450 g/mol. The van der Waals surface area contributed by atoms with Crippen molar-refractivity contribution < 1.29 is 13.2 Å². The van der Waals surface area contributed by atoms with Gasteiger partial charge in [0.2, 0.25) is 0 Å². The number of piperidine rings is 1. The molecule has 0 saturated carbocycles. The van der Waals surface area contributed by atoms with E-state index < -0.39 is 9.84 Å². The van der Waals surface area contributed by atoms with Crippen molar-refractivity contribution >= 4 is 26.6 Å². The molecule has 9 heteroatoms. The van der Waals surface area contributed by atoms with Gasteiger partial charge < -0.3 is 10.2 Å². The average Bonchev–Trinajstić information content (AvgIpc) is 3.43. The van der Waals surface area contributed by atoms with E-state index in [1.165, 1.54) is 12.8 Å². The maximum absolute atomic E-state index is 13.2. The van der Waals surface area contributed by atoms with Crippen molar-refractivity contribution in [3.05, 3.63) is 30.0 Å².